The van der Waals surface area contributed by atoms with Crippen molar-refractivity contribution in [1.82, 2.24) is 24.3 Å². The van der Waals surface area contributed by atoms with Gasteiger partial charge in [0.1, 0.15) is 5.69 Å². The van der Waals surface area contributed by atoms with Gasteiger partial charge >= 0.3 is 0 Å². The SMILES string of the molecule is CN1CCN(C(=O)c2nc(C(=O)N3CCCCC3)c3n2CCCC3)CC1. The topological polar surface area (TPSA) is 61.7 Å². The zero-order chi connectivity index (χ0) is 18.1. The van der Waals surface area contributed by atoms with Gasteiger partial charge in [-0.3, -0.25) is 9.59 Å². The molecule has 0 aliphatic carbocycles. The van der Waals surface area contributed by atoms with Crippen molar-refractivity contribution in [2.75, 3.05) is 46.3 Å². The lowest BCUT2D eigenvalue weighted by Crippen LogP contribution is -2.47. The smallest absolute Gasteiger partial charge is 0.289 e. The summed E-state index contributed by atoms with van der Waals surface area (Å²) >= 11 is 0. The molecule has 3 aliphatic heterocycles. The zero-order valence-electron chi connectivity index (χ0n) is 15.7. The molecule has 7 nitrogen and oxygen atoms in total. The Kier molecular flexibility index (Phi) is 4.98. The minimum absolute atomic E-state index is 0.0149. The maximum absolute atomic E-state index is 13.1. The molecule has 2 saturated heterocycles. The number of amides is 2. The minimum atomic E-state index is -0.0149. The number of likely N-dealkylation sites (tertiary alicyclic amines) is 1. The highest BCUT2D eigenvalue weighted by Gasteiger charge is 2.32. The van der Waals surface area contributed by atoms with E-state index in [1.807, 2.05) is 14.4 Å². The molecule has 2 fully saturated rings. The largest absolute Gasteiger partial charge is 0.337 e. The summed E-state index contributed by atoms with van der Waals surface area (Å²) in [6.07, 6.45) is 6.28. The summed E-state index contributed by atoms with van der Waals surface area (Å²) in [7, 11) is 2.08. The van der Waals surface area contributed by atoms with Gasteiger partial charge in [-0.25, -0.2) is 4.98 Å². The van der Waals surface area contributed by atoms with Crippen LogP contribution < -0.4 is 0 Å². The lowest BCUT2D eigenvalue weighted by molar-refractivity contribution is 0.0645. The van der Waals surface area contributed by atoms with Gasteiger partial charge in [-0.15, -0.1) is 0 Å². The standard InChI is InChI=1S/C19H29N5O2/c1-21-11-13-23(14-12-21)19(26)17-20-16(15-7-3-6-10-24(15)17)18(25)22-8-4-2-5-9-22/h2-14H2,1H3. The number of carbonyl (C=O) groups excluding carboxylic acids is 2. The molecule has 0 N–H and O–H groups in total. The normalized spacial score (nSPS) is 21.6. The summed E-state index contributed by atoms with van der Waals surface area (Å²) in [6, 6.07) is 0. The van der Waals surface area contributed by atoms with Crippen molar-refractivity contribution < 1.29 is 9.59 Å². The fourth-order valence-corrected chi connectivity index (χ4v) is 4.28. The van der Waals surface area contributed by atoms with Crippen molar-refractivity contribution in [3.05, 3.63) is 17.2 Å². The Balaban J connectivity index is 1.62. The van der Waals surface area contributed by atoms with Gasteiger partial charge in [0.25, 0.3) is 11.8 Å². The Morgan fingerprint density at radius 1 is 0.769 bits per heavy atom. The number of hydrogen-bond donors (Lipinski definition) is 0. The number of imidazole rings is 1. The van der Waals surface area contributed by atoms with E-state index in [0.29, 0.717) is 11.5 Å². The fourth-order valence-electron chi connectivity index (χ4n) is 4.28. The van der Waals surface area contributed by atoms with Crippen molar-refractivity contribution in [2.24, 2.45) is 0 Å². The van der Waals surface area contributed by atoms with Crippen LogP contribution in [0.15, 0.2) is 0 Å². The first-order valence-electron chi connectivity index (χ1n) is 10.0. The molecule has 4 rings (SSSR count). The fraction of sp³-hybridized carbons (Fsp3) is 0.737. The third kappa shape index (κ3) is 3.24. The Morgan fingerprint density at radius 3 is 2.15 bits per heavy atom. The van der Waals surface area contributed by atoms with Crippen LogP contribution in [0.1, 0.15) is 58.9 Å². The molecule has 3 aliphatic rings. The van der Waals surface area contributed by atoms with Crippen molar-refractivity contribution in [2.45, 2.75) is 45.1 Å². The summed E-state index contributed by atoms with van der Waals surface area (Å²) < 4.78 is 2.03. The molecule has 0 bridgehead atoms. The molecule has 7 heteroatoms. The quantitative estimate of drug-likeness (QED) is 0.797. The van der Waals surface area contributed by atoms with E-state index in [1.54, 1.807) is 0 Å². The molecule has 26 heavy (non-hydrogen) atoms. The zero-order valence-corrected chi connectivity index (χ0v) is 15.7. The molecule has 2 amide bonds. The van der Waals surface area contributed by atoms with E-state index in [2.05, 4.69) is 16.9 Å². The number of rotatable bonds is 2. The highest BCUT2D eigenvalue weighted by molar-refractivity contribution is 5.97. The number of piperidine rings is 1. The maximum atomic E-state index is 13.1. The van der Waals surface area contributed by atoms with Crippen LogP contribution in [0.3, 0.4) is 0 Å². The molecule has 0 atom stereocenters. The first kappa shape index (κ1) is 17.5. The van der Waals surface area contributed by atoms with Gasteiger partial charge in [-0.2, -0.15) is 0 Å². The lowest BCUT2D eigenvalue weighted by Gasteiger charge is -2.32. The first-order valence-corrected chi connectivity index (χ1v) is 10.0. The predicted octanol–water partition coefficient (Wildman–Crippen LogP) is 1.23. The molecule has 4 heterocycles. The van der Waals surface area contributed by atoms with E-state index < -0.39 is 0 Å². The van der Waals surface area contributed by atoms with Gasteiger partial charge in [0.05, 0.1) is 5.69 Å². The van der Waals surface area contributed by atoms with Crippen molar-refractivity contribution in [3.8, 4) is 0 Å². The Hall–Kier alpha value is -1.89. The van der Waals surface area contributed by atoms with Crippen LogP contribution in [0.5, 0.6) is 0 Å². The number of hydrogen-bond acceptors (Lipinski definition) is 4. The average Bonchev–Trinajstić information content (AvgIpc) is 3.08. The van der Waals surface area contributed by atoms with Crippen LogP contribution in [0.2, 0.25) is 0 Å². The number of piperazine rings is 1. The molecular weight excluding hydrogens is 330 g/mol. The maximum Gasteiger partial charge on any atom is 0.289 e. The van der Waals surface area contributed by atoms with Crippen molar-refractivity contribution >= 4 is 11.8 Å². The summed E-state index contributed by atoms with van der Waals surface area (Å²) in [5.74, 6) is 0.483. The van der Waals surface area contributed by atoms with Gasteiger partial charge < -0.3 is 19.3 Å². The summed E-state index contributed by atoms with van der Waals surface area (Å²) in [6.45, 7) is 5.65. The van der Waals surface area contributed by atoms with Crippen LogP contribution in [-0.2, 0) is 13.0 Å². The Bertz CT molecular complexity index is 684. The number of aromatic nitrogens is 2. The van der Waals surface area contributed by atoms with Gasteiger partial charge in [-0.05, 0) is 45.6 Å². The number of fused-ring (bicyclic) bond motifs is 1. The molecule has 0 spiro atoms. The second-order valence-corrected chi connectivity index (χ2v) is 7.79. The monoisotopic (exact) mass is 359 g/mol. The predicted molar refractivity (Wildman–Crippen MR) is 98.3 cm³/mol. The molecule has 1 aromatic heterocycles. The summed E-state index contributed by atoms with van der Waals surface area (Å²) in [4.78, 5) is 36.8. The highest BCUT2D eigenvalue weighted by Crippen LogP contribution is 2.24. The highest BCUT2D eigenvalue weighted by atomic mass is 16.2. The van der Waals surface area contributed by atoms with Crippen LogP contribution in [-0.4, -0.2) is 82.4 Å². The second-order valence-electron chi connectivity index (χ2n) is 7.79. The molecule has 0 unspecified atom stereocenters. The number of likely N-dealkylation sites (N-methyl/N-ethyl adjacent to an activating group) is 1. The molecule has 0 radical (unpaired) electrons. The van der Waals surface area contributed by atoms with Crippen LogP contribution in [0.4, 0.5) is 0 Å². The van der Waals surface area contributed by atoms with Crippen molar-refractivity contribution in [1.29, 1.82) is 0 Å². The number of carbonyl (C=O) groups is 2. The third-order valence-corrected chi connectivity index (χ3v) is 5.95. The molecule has 0 aromatic carbocycles. The third-order valence-electron chi connectivity index (χ3n) is 5.95. The average molecular weight is 359 g/mol. The molecule has 1 aromatic rings. The van der Waals surface area contributed by atoms with E-state index in [0.717, 1.165) is 83.6 Å². The van der Waals surface area contributed by atoms with Crippen LogP contribution in [0.25, 0.3) is 0 Å². The van der Waals surface area contributed by atoms with Crippen molar-refractivity contribution in [3.63, 3.8) is 0 Å². The van der Waals surface area contributed by atoms with E-state index in [4.69, 9.17) is 0 Å². The van der Waals surface area contributed by atoms with Gasteiger partial charge in [0.2, 0.25) is 0 Å². The van der Waals surface area contributed by atoms with Gasteiger partial charge in [0, 0.05) is 45.8 Å². The molecule has 0 saturated carbocycles. The van der Waals surface area contributed by atoms with E-state index in [1.165, 1.54) is 6.42 Å². The van der Waals surface area contributed by atoms with Gasteiger partial charge in [0.15, 0.2) is 5.82 Å². The Morgan fingerprint density at radius 2 is 1.42 bits per heavy atom. The molecule has 142 valence electrons. The van der Waals surface area contributed by atoms with Crippen LogP contribution in [0, 0.1) is 0 Å². The number of nitrogens with zero attached hydrogens (tertiary/aromatic N) is 5. The summed E-state index contributed by atoms with van der Waals surface area (Å²) in [5.41, 5.74) is 1.51. The van der Waals surface area contributed by atoms with E-state index >= 15 is 0 Å². The Labute approximate surface area is 154 Å². The van der Waals surface area contributed by atoms with Gasteiger partial charge in [-0.1, -0.05) is 0 Å². The summed E-state index contributed by atoms with van der Waals surface area (Å²) in [5, 5.41) is 0. The van der Waals surface area contributed by atoms with E-state index in [9.17, 15) is 9.59 Å². The molecular formula is C19H29N5O2. The first-order chi connectivity index (χ1) is 12.6. The minimum Gasteiger partial charge on any atom is -0.337 e. The lowest BCUT2D eigenvalue weighted by atomic mass is 10.1. The van der Waals surface area contributed by atoms with E-state index in [-0.39, 0.29) is 11.8 Å². The van der Waals surface area contributed by atoms with Crippen LogP contribution >= 0.6 is 0 Å². The second kappa shape index (κ2) is 7.39.